The highest BCUT2D eigenvalue weighted by Gasteiger charge is 2.13. The van der Waals surface area contributed by atoms with Gasteiger partial charge in [0.25, 0.3) is 0 Å². The number of aryl methyl sites for hydroxylation is 1. The van der Waals surface area contributed by atoms with Gasteiger partial charge in [0, 0.05) is 0 Å². The average Bonchev–Trinajstić information content (AvgIpc) is 2.60. The van der Waals surface area contributed by atoms with Crippen LogP contribution in [0.3, 0.4) is 0 Å². The van der Waals surface area contributed by atoms with Crippen molar-refractivity contribution in [1.29, 1.82) is 0 Å². The van der Waals surface area contributed by atoms with Gasteiger partial charge in [-0.2, -0.15) is 0 Å². The highest BCUT2D eigenvalue weighted by molar-refractivity contribution is 5.75. The number of ether oxygens (including phenoxy) is 1. The van der Waals surface area contributed by atoms with Crippen LogP contribution in [0.4, 0.5) is 0 Å². The first-order valence-corrected chi connectivity index (χ1v) is 8.27. The van der Waals surface area contributed by atoms with E-state index < -0.39 is 6.04 Å². The molecule has 2 aromatic rings. The number of hydrogen-bond donors (Lipinski definition) is 1. The SMILES string of the molecule is CCOC(=O)C(N)CCCCc1ccc(-c2ccccc2)cc1. The number of unbranched alkanes of at least 4 members (excludes halogenated alkanes) is 1. The van der Waals surface area contributed by atoms with Crippen LogP contribution in [0.1, 0.15) is 31.7 Å². The molecule has 0 aliphatic rings. The Labute approximate surface area is 138 Å². The Kier molecular flexibility index (Phi) is 6.82. The molecule has 3 heteroatoms. The second-order valence-corrected chi connectivity index (χ2v) is 5.67. The molecule has 122 valence electrons. The Morgan fingerprint density at radius 3 is 2.30 bits per heavy atom. The van der Waals surface area contributed by atoms with Crippen LogP contribution in [0.2, 0.25) is 0 Å². The smallest absolute Gasteiger partial charge is 0.322 e. The largest absolute Gasteiger partial charge is 0.465 e. The summed E-state index contributed by atoms with van der Waals surface area (Å²) in [5, 5.41) is 0. The monoisotopic (exact) mass is 311 g/mol. The molecule has 0 spiro atoms. The fraction of sp³-hybridized carbons (Fsp3) is 0.350. The Bertz CT molecular complexity index is 593. The lowest BCUT2D eigenvalue weighted by atomic mass is 10.0. The van der Waals surface area contributed by atoms with E-state index in [0.717, 1.165) is 19.3 Å². The zero-order chi connectivity index (χ0) is 16.5. The summed E-state index contributed by atoms with van der Waals surface area (Å²) < 4.78 is 4.91. The molecule has 2 N–H and O–H groups in total. The summed E-state index contributed by atoms with van der Waals surface area (Å²) in [5.74, 6) is -0.292. The van der Waals surface area contributed by atoms with Crippen LogP contribution in [0.5, 0.6) is 0 Å². The fourth-order valence-corrected chi connectivity index (χ4v) is 2.55. The van der Waals surface area contributed by atoms with Crippen molar-refractivity contribution in [3.8, 4) is 11.1 Å². The van der Waals surface area contributed by atoms with E-state index in [-0.39, 0.29) is 5.97 Å². The predicted molar refractivity (Wildman–Crippen MR) is 94.0 cm³/mol. The van der Waals surface area contributed by atoms with Crippen LogP contribution in [0, 0.1) is 0 Å². The topological polar surface area (TPSA) is 52.3 Å². The van der Waals surface area contributed by atoms with Crippen molar-refractivity contribution >= 4 is 5.97 Å². The van der Waals surface area contributed by atoms with E-state index in [2.05, 4.69) is 48.5 Å². The van der Waals surface area contributed by atoms with Crippen LogP contribution in [-0.2, 0) is 16.0 Å². The Hall–Kier alpha value is -2.13. The maximum absolute atomic E-state index is 11.4. The molecule has 0 saturated carbocycles. The van der Waals surface area contributed by atoms with E-state index in [9.17, 15) is 4.79 Å². The Morgan fingerprint density at radius 1 is 1.00 bits per heavy atom. The number of nitrogens with two attached hydrogens (primary N) is 1. The summed E-state index contributed by atoms with van der Waals surface area (Å²) in [6.07, 6.45) is 3.64. The highest BCUT2D eigenvalue weighted by Crippen LogP contribution is 2.20. The van der Waals surface area contributed by atoms with E-state index in [0.29, 0.717) is 13.0 Å². The molecule has 0 fully saturated rings. The molecule has 1 atom stereocenters. The van der Waals surface area contributed by atoms with Gasteiger partial charge in [0.2, 0.25) is 0 Å². The summed E-state index contributed by atoms with van der Waals surface area (Å²) in [6, 6.07) is 18.5. The number of benzene rings is 2. The molecule has 0 heterocycles. The van der Waals surface area contributed by atoms with Gasteiger partial charge in [-0.25, -0.2) is 0 Å². The predicted octanol–water partition coefficient (Wildman–Crippen LogP) is 3.96. The van der Waals surface area contributed by atoms with E-state index in [1.807, 2.05) is 6.07 Å². The molecular formula is C20H25NO2. The van der Waals surface area contributed by atoms with E-state index >= 15 is 0 Å². The van der Waals surface area contributed by atoms with Gasteiger partial charge in [0.1, 0.15) is 6.04 Å². The molecule has 0 bridgehead atoms. The van der Waals surface area contributed by atoms with Gasteiger partial charge < -0.3 is 10.5 Å². The van der Waals surface area contributed by atoms with Crippen molar-refractivity contribution in [2.45, 2.75) is 38.6 Å². The third kappa shape index (κ3) is 5.53. The van der Waals surface area contributed by atoms with E-state index in [1.165, 1.54) is 16.7 Å². The molecule has 23 heavy (non-hydrogen) atoms. The molecule has 0 saturated heterocycles. The number of carbonyl (C=O) groups excluding carboxylic acids is 1. The van der Waals surface area contributed by atoms with Gasteiger partial charge in [0.15, 0.2) is 0 Å². The van der Waals surface area contributed by atoms with Crippen molar-refractivity contribution in [3.63, 3.8) is 0 Å². The molecule has 0 aromatic heterocycles. The summed E-state index contributed by atoms with van der Waals surface area (Å²) in [6.45, 7) is 2.18. The molecule has 0 amide bonds. The number of carbonyl (C=O) groups is 1. The zero-order valence-electron chi connectivity index (χ0n) is 13.7. The number of hydrogen-bond acceptors (Lipinski definition) is 3. The lowest BCUT2D eigenvalue weighted by Gasteiger charge is -2.10. The molecule has 3 nitrogen and oxygen atoms in total. The van der Waals surface area contributed by atoms with Gasteiger partial charge in [-0.15, -0.1) is 0 Å². The van der Waals surface area contributed by atoms with Crippen LogP contribution in [-0.4, -0.2) is 18.6 Å². The third-order valence-corrected chi connectivity index (χ3v) is 3.88. The molecule has 2 aromatic carbocycles. The van der Waals surface area contributed by atoms with Gasteiger partial charge >= 0.3 is 5.97 Å². The van der Waals surface area contributed by atoms with Crippen LogP contribution in [0.15, 0.2) is 54.6 Å². The van der Waals surface area contributed by atoms with Crippen molar-refractivity contribution in [2.24, 2.45) is 5.73 Å². The third-order valence-electron chi connectivity index (χ3n) is 3.88. The molecule has 1 unspecified atom stereocenters. The molecular weight excluding hydrogens is 286 g/mol. The maximum Gasteiger partial charge on any atom is 0.322 e. The van der Waals surface area contributed by atoms with Crippen molar-refractivity contribution in [3.05, 3.63) is 60.2 Å². The second-order valence-electron chi connectivity index (χ2n) is 5.67. The van der Waals surface area contributed by atoms with Crippen molar-refractivity contribution < 1.29 is 9.53 Å². The molecule has 0 aliphatic carbocycles. The lowest BCUT2D eigenvalue weighted by molar-refractivity contribution is -0.144. The fourth-order valence-electron chi connectivity index (χ4n) is 2.55. The Morgan fingerprint density at radius 2 is 1.65 bits per heavy atom. The first-order valence-electron chi connectivity index (χ1n) is 8.27. The van der Waals surface area contributed by atoms with Crippen LogP contribution >= 0.6 is 0 Å². The van der Waals surface area contributed by atoms with Crippen molar-refractivity contribution in [2.75, 3.05) is 6.61 Å². The van der Waals surface area contributed by atoms with Gasteiger partial charge in [-0.3, -0.25) is 4.79 Å². The van der Waals surface area contributed by atoms with E-state index in [1.54, 1.807) is 6.92 Å². The van der Waals surface area contributed by atoms with Gasteiger partial charge in [0.05, 0.1) is 6.61 Å². The zero-order valence-corrected chi connectivity index (χ0v) is 13.7. The Balaban J connectivity index is 1.75. The minimum Gasteiger partial charge on any atom is -0.465 e. The first-order chi connectivity index (χ1) is 11.2. The highest BCUT2D eigenvalue weighted by atomic mass is 16.5. The quantitative estimate of drug-likeness (QED) is 0.593. The van der Waals surface area contributed by atoms with Crippen molar-refractivity contribution in [1.82, 2.24) is 0 Å². The summed E-state index contributed by atoms with van der Waals surface area (Å²) >= 11 is 0. The standard InChI is InChI=1S/C20H25NO2/c1-2-23-20(22)19(21)11-7-6-8-16-12-14-18(15-13-16)17-9-4-3-5-10-17/h3-5,9-10,12-15,19H,2,6-8,11,21H2,1H3. The number of esters is 1. The molecule has 0 radical (unpaired) electrons. The minimum atomic E-state index is -0.490. The number of rotatable bonds is 8. The van der Waals surface area contributed by atoms with Crippen LogP contribution in [0.25, 0.3) is 11.1 Å². The normalized spacial score (nSPS) is 11.9. The summed E-state index contributed by atoms with van der Waals surface area (Å²) in [4.78, 5) is 11.4. The molecule has 2 rings (SSSR count). The van der Waals surface area contributed by atoms with Crippen LogP contribution < -0.4 is 5.73 Å². The maximum atomic E-state index is 11.4. The summed E-state index contributed by atoms with van der Waals surface area (Å²) in [5.41, 5.74) is 9.58. The molecule has 0 aliphatic heterocycles. The van der Waals surface area contributed by atoms with E-state index in [4.69, 9.17) is 10.5 Å². The average molecular weight is 311 g/mol. The first kappa shape index (κ1) is 17.2. The second kappa shape index (κ2) is 9.11. The lowest BCUT2D eigenvalue weighted by Crippen LogP contribution is -2.32. The van der Waals surface area contributed by atoms with Gasteiger partial charge in [-0.1, -0.05) is 61.0 Å². The van der Waals surface area contributed by atoms with Gasteiger partial charge in [-0.05, 0) is 42.9 Å². The minimum absolute atomic E-state index is 0.292. The summed E-state index contributed by atoms with van der Waals surface area (Å²) in [7, 11) is 0.